The Labute approximate surface area is 317 Å². The van der Waals surface area contributed by atoms with Gasteiger partial charge in [0.05, 0.1) is 18.3 Å². The van der Waals surface area contributed by atoms with Gasteiger partial charge in [-0.1, -0.05) is 5.92 Å². The molecule has 3 fully saturated rings. The normalized spacial score (nSPS) is 35.8. The highest BCUT2D eigenvalue weighted by Crippen LogP contribution is 2.37. The molecule has 308 valence electrons. The minimum absolute atomic E-state index is 0.321. The summed E-state index contributed by atoms with van der Waals surface area (Å²) >= 11 is 0. The second-order valence-corrected chi connectivity index (χ2v) is 12.9. The van der Waals surface area contributed by atoms with Crippen molar-refractivity contribution in [2.45, 2.75) is 161 Å². The molecule has 15 atom stereocenters. The molecular formula is C35H48O20. The highest BCUT2D eigenvalue weighted by atomic mass is 16.8. The van der Waals surface area contributed by atoms with E-state index in [1.165, 1.54) is 20.8 Å². The van der Waals surface area contributed by atoms with Crippen LogP contribution in [0.2, 0.25) is 0 Å². The summed E-state index contributed by atoms with van der Waals surface area (Å²) in [6, 6.07) is 0. The van der Waals surface area contributed by atoms with Gasteiger partial charge in [0.2, 0.25) is 0 Å². The molecule has 0 bridgehead atoms. The molecule has 20 nitrogen and oxygen atoms in total. The monoisotopic (exact) mass is 788 g/mol. The zero-order valence-corrected chi connectivity index (χ0v) is 32.1. The van der Waals surface area contributed by atoms with Crippen LogP contribution in [0.1, 0.15) is 69.2 Å². The SMILES string of the molecule is C#CCO[C@@H]1OC(C)[C@H](O[C@@H]2OC(C)[C@H](OC(C)=O)C(OC(C)=O)C2OC(C)=O)C(O[C@@H]2OC(C)[C@H](OC(C)=O)C(OC(C)=O)C2OC(C)=O)C1OC(C)=O. The standard InChI is InChI=1S/C35H48O20/c1-12-13-43-33-30(51-21(9)40)29(55-35-32(53-23(11)42)28(50-20(8)39)25(15(3)46-35)48-18(6)37)26(16(4)44-33)54-34-31(52-22(10)41)27(49-19(7)38)24(14(2)45-34)47-17(5)36/h1,14-16,24-35H,13H2,2-11H3/t14?,15?,16?,24-,25-,26-,27?,28?,29?,30?,31?,32?,33+,34-,35-/m0/s1. The lowest BCUT2D eigenvalue weighted by Gasteiger charge is -2.50. The van der Waals surface area contributed by atoms with Gasteiger partial charge in [0, 0.05) is 48.5 Å². The lowest BCUT2D eigenvalue weighted by atomic mass is 9.95. The molecule has 0 spiro atoms. The Morgan fingerprint density at radius 2 is 0.691 bits per heavy atom. The van der Waals surface area contributed by atoms with Crippen molar-refractivity contribution in [2.24, 2.45) is 0 Å². The van der Waals surface area contributed by atoms with Crippen molar-refractivity contribution in [1.29, 1.82) is 0 Å². The predicted molar refractivity (Wildman–Crippen MR) is 176 cm³/mol. The van der Waals surface area contributed by atoms with E-state index in [9.17, 15) is 33.6 Å². The number of carbonyl (C=O) groups excluding carboxylic acids is 7. The van der Waals surface area contributed by atoms with Crippen LogP contribution in [-0.4, -0.2) is 141 Å². The van der Waals surface area contributed by atoms with Gasteiger partial charge in [-0.15, -0.1) is 6.42 Å². The van der Waals surface area contributed by atoms with E-state index in [1.54, 1.807) is 0 Å². The lowest BCUT2D eigenvalue weighted by molar-refractivity contribution is -0.381. The van der Waals surface area contributed by atoms with Crippen LogP contribution < -0.4 is 0 Å². The second kappa shape index (κ2) is 20.0. The van der Waals surface area contributed by atoms with Crippen LogP contribution in [0.3, 0.4) is 0 Å². The molecule has 3 saturated heterocycles. The summed E-state index contributed by atoms with van der Waals surface area (Å²) in [4.78, 5) is 86.1. The maximum Gasteiger partial charge on any atom is 0.303 e. The number of carbonyl (C=O) groups is 7. The zero-order valence-electron chi connectivity index (χ0n) is 32.1. The van der Waals surface area contributed by atoms with E-state index >= 15 is 0 Å². The lowest BCUT2D eigenvalue weighted by Crippen LogP contribution is -2.67. The van der Waals surface area contributed by atoms with Crippen molar-refractivity contribution in [3.8, 4) is 12.3 Å². The van der Waals surface area contributed by atoms with Gasteiger partial charge in [0.1, 0.15) is 18.8 Å². The number of rotatable bonds is 13. The Hall–Kier alpha value is -4.39. The molecule has 0 aliphatic carbocycles. The van der Waals surface area contributed by atoms with Crippen molar-refractivity contribution in [2.75, 3.05) is 6.61 Å². The summed E-state index contributed by atoms with van der Waals surface area (Å²) < 4.78 is 75.3. The van der Waals surface area contributed by atoms with E-state index in [0.29, 0.717) is 0 Å². The minimum atomic E-state index is -1.67. The fraction of sp³-hybridized carbons (Fsp3) is 0.743. The average Bonchev–Trinajstić information content (AvgIpc) is 3.04. The highest BCUT2D eigenvalue weighted by molar-refractivity contribution is 5.69. The highest BCUT2D eigenvalue weighted by Gasteiger charge is 2.58. The smallest absolute Gasteiger partial charge is 0.303 e. The molecule has 55 heavy (non-hydrogen) atoms. The van der Waals surface area contributed by atoms with Crippen LogP contribution in [0.5, 0.6) is 0 Å². The summed E-state index contributed by atoms with van der Waals surface area (Å²) in [5.74, 6) is -3.45. The third-order valence-corrected chi connectivity index (χ3v) is 8.21. The summed E-state index contributed by atoms with van der Waals surface area (Å²) in [6.45, 7) is 11.8. The summed E-state index contributed by atoms with van der Waals surface area (Å²) in [6.07, 6.45) is -15.6. The fourth-order valence-electron chi connectivity index (χ4n) is 6.37. The summed E-state index contributed by atoms with van der Waals surface area (Å²) in [7, 11) is 0. The second-order valence-electron chi connectivity index (χ2n) is 12.9. The Bertz CT molecular complexity index is 1460. The van der Waals surface area contributed by atoms with E-state index in [2.05, 4.69) is 5.92 Å². The molecule has 0 saturated carbocycles. The van der Waals surface area contributed by atoms with Crippen molar-refractivity contribution < 1.29 is 95.1 Å². The molecular weight excluding hydrogens is 740 g/mol. The summed E-state index contributed by atoms with van der Waals surface area (Å²) in [5, 5.41) is 0. The Morgan fingerprint density at radius 1 is 0.418 bits per heavy atom. The van der Waals surface area contributed by atoms with Gasteiger partial charge in [-0.25, -0.2) is 0 Å². The Kier molecular flexibility index (Phi) is 16.3. The first-order valence-electron chi connectivity index (χ1n) is 17.3. The fourth-order valence-corrected chi connectivity index (χ4v) is 6.37. The van der Waals surface area contributed by atoms with Gasteiger partial charge in [-0.05, 0) is 20.8 Å². The molecule has 3 rings (SSSR count). The average molecular weight is 789 g/mol. The van der Waals surface area contributed by atoms with Crippen molar-refractivity contribution in [1.82, 2.24) is 0 Å². The van der Waals surface area contributed by atoms with Crippen LogP contribution in [0.15, 0.2) is 0 Å². The van der Waals surface area contributed by atoms with E-state index in [4.69, 9.17) is 68.0 Å². The molecule has 9 unspecified atom stereocenters. The van der Waals surface area contributed by atoms with Crippen LogP contribution in [0, 0.1) is 12.3 Å². The topological polar surface area (TPSA) is 239 Å². The molecule has 3 heterocycles. The predicted octanol–water partition coefficient (Wildman–Crippen LogP) is 0.163. The molecule has 3 aliphatic heterocycles. The first-order chi connectivity index (χ1) is 25.7. The van der Waals surface area contributed by atoms with Crippen molar-refractivity contribution in [3.05, 3.63) is 0 Å². The van der Waals surface area contributed by atoms with Crippen LogP contribution in [0.25, 0.3) is 0 Å². The Balaban J connectivity index is 2.18. The number of hydrogen-bond donors (Lipinski definition) is 0. The molecule has 0 aromatic carbocycles. The van der Waals surface area contributed by atoms with E-state index in [0.717, 1.165) is 48.5 Å². The maximum atomic E-state index is 12.6. The quantitative estimate of drug-likeness (QED) is 0.137. The van der Waals surface area contributed by atoms with Crippen LogP contribution in [0.4, 0.5) is 0 Å². The molecule has 20 heteroatoms. The Morgan fingerprint density at radius 3 is 1.04 bits per heavy atom. The molecule has 3 aliphatic rings. The van der Waals surface area contributed by atoms with E-state index < -0.39 is 134 Å². The number of hydrogen-bond acceptors (Lipinski definition) is 20. The maximum absolute atomic E-state index is 12.6. The molecule has 0 N–H and O–H groups in total. The van der Waals surface area contributed by atoms with Gasteiger partial charge in [0.15, 0.2) is 61.6 Å². The molecule has 0 radical (unpaired) electrons. The first-order valence-corrected chi connectivity index (χ1v) is 17.3. The summed E-state index contributed by atoms with van der Waals surface area (Å²) in [5.41, 5.74) is 0. The third kappa shape index (κ3) is 12.3. The van der Waals surface area contributed by atoms with Gasteiger partial charge in [-0.2, -0.15) is 0 Å². The largest absolute Gasteiger partial charge is 0.456 e. The van der Waals surface area contributed by atoms with E-state index in [1.807, 2.05) is 0 Å². The first kappa shape index (κ1) is 45.0. The number of terminal acetylenes is 1. The third-order valence-electron chi connectivity index (χ3n) is 8.21. The molecule has 0 aromatic heterocycles. The van der Waals surface area contributed by atoms with Crippen LogP contribution in [-0.2, 0) is 95.1 Å². The van der Waals surface area contributed by atoms with Crippen molar-refractivity contribution in [3.63, 3.8) is 0 Å². The molecule has 0 aromatic rings. The van der Waals surface area contributed by atoms with Crippen LogP contribution >= 0.6 is 0 Å². The van der Waals surface area contributed by atoms with Gasteiger partial charge in [-0.3, -0.25) is 33.6 Å². The van der Waals surface area contributed by atoms with Gasteiger partial charge >= 0.3 is 41.8 Å². The van der Waals surface area contributed by atoms with Crippen molar-refractivity contribution >= 4 is 41.8 Å². The minimum Gasteiger partial charge on any atom is -0.456 e. The van der Waals surface area contributed by atoms with E-state index in [-0.39, 0.29) is 6.61 Å². The van der Waals surface area contributed by atoms with Gasteiger partial charge < -0.3 is 61.6 Å². The zero-order chi connectivity index (χ0) is 41.3. The molecule has 0 amide bonds. The number of ether oxygens (including phenoxy) is 13. The van der Waals surface area contributed by atoms with Gasteiger partial charge in [0.25, 0.3) is 0 Å². The number of esters is 7.